The molecule has 0 bridgehead atoms. The van der Waals surface area contributed by atoms with Gasteiger partial charge < -0.3 is 25.6 Å². The van der Waals surface area contributed by atoms with E-state index in [2.05, 4.69) is 15.0 Å². The molecule has 0 fully saturated rings. The highest BCUT2D eigenvalue weighted by Gasteiger charge is 2.32. The number of nitrogens with two attached hydrogens (primary N) is 1. The van der Waals surface area contributed by atoms with Gasteiger partial charge in [-0.05, 0) is 18.2 Å². The van der Waals surface area contributed by atoms with E-state index in [1.165, 1.54) is 7.11 Å². The van der Waals surface area contributed by atoms with Crippen LogP contribution in [0.3, 0.4) is 0 Å². The number of hydrogen-bond donors (Lipinski definition) is 3. The number of benzene rings is 1. The Morgan fingerprint density at radius 3 is 2.55 bits per heavy atom. The number of nitrogen functional groups attached to an aromatic ring is 1. The van der Waals surface area contributed by atoms with Crippen LogP contribution in [-0.4, -0.2) is 57.1 Å². The van der Waals surface area contributed by atoms with Gasteiger partial charge in [0, 0.05) is 25.9 Å². The smallest absolute Gasteiger partial charge is 0.406 e. The Morgan fingerprint density at radius 2 is 2.00 bits per heavy atom. The van der Waals surface area contributed by atoms with E-state index in [1.54, 1.807) is 0 Å². The molecule has 1 aromatic carbocycles. The number of aliphatic hydroxyl groups is 1. The van der Waals surface area contributed by atoms with Gasteiger partial charge in [0.1, 0.15) is 16.5 Å². The molecule has 1 aromatic heterocycles. The van der Waals surface area contributed by atoms with Crippen molar-refractivity contribution in [1.82, 2.24) is 10.3 Å². The largest absolute Gasteiger partial charge is 0.573 e. The summed E-state index contributed by atoms with van der Waals surface area (Å²) >= 11 is 0. The molecule has 0 aliphatic heterocycles. The number of halogens is 4. The summed E-state index contributed by atoms with van der Waals surface area (Å²) in [7, 11) is -3.22. The van der Waals surface area contributed by atoms with Crippen molar-refractivity contribution in [3.8, 4) is 5.75 Å². The Balaban J connectivity index is 2.26. The molecule has 2 rings (SSSR count). The molecular weight excluding hydrogens is 450 g/mol. The lowest BCUT2D eigenvalue weighted by Gasteiger charge is -2.13. The van der Waals surface area contributed by atoms with E-state index in [0.29, 0.717) is 12.1 Å². The third-order valence-corrected chi connectivity index (χ3v) is 5.46. The van der Waals surface area contributed by atoms with Crippen LogP contribution in [0.4, 0.5) is 23.2 Å². The highest BCUT2D eigenvalue weighted by atomic mass is 32.2. The number of amides is 1. The molecule has 0 radical (unpaired) electrons. The van der Waals surface area contributed by atoms with Crippen LogP contribution in [0.5, 0.6) is 5.75 Å². The fourth-order valence-corrected chi connectivity index (χ4v) is 3.66. The average Bonchev–Trinajstić information content (AvgIpc) is 2.64. The number of methoxy groups -OCH3 is 1. The zero-order valence-electron chi connectivity index (χ0n) is 15.8. The van der Waals surface area contributed by atoms with Crippen molar-refractivity contribution < 1.29 is 45.4 Å². The number of alkyl halides is 3. The molecule has 4 N–H and O–H groups in total. The summed E-state index contributed by atoms with van der Waals surface area (Å²) in [4.78, 5) is 14.2. The van der Waals surface area contributed by atoms with Gasteiger partial charge in [-0.1, -0.05) is 0 Å². The molecule has 0 aliphatic rings. The highest BCUT2D eigenvalue weighted by Crippen LogP contribution is 2.29. The minimum absolute atomic E-state index is 0.0429. The molecule has 2 aromatic rings. The molecule has 0 aliphatic carbocycles. The first-order valence-electron chi connectivity index (χ1n) is 8.36. The number of carbonyl (C=O) groups is 1. The molecule has 0 spiro atoms. The quantitative estimate of drug-likeness (QED) is 0.493. The van der Waals surface area contributed by atoms with Gasteiger partial charge in [-0.15, -0.1) is 13.2 Å². The second-order valence-electron chi connectivity index (χ2n) is 6.07. The molecule has 1 atom stereocenters. The number of nitrogens with one attached hydrogen (secondary N) is 1. The summed E-state index contributed by atoms with van der Waals surface area (Å²) < 4.78 is 84.3. The lowest BCUT2D eigenvalue weighted by Crippen LogP contribution is -2.35. The third kappa shape index (κ3) is 6.26. The molecule has 31 heavy (non-hydrogen) atoms. The van der Waals surface area contributed by atoms with Gasteiger partial charge >= 0.3 is 6.36 Å². The first-order valence-corrected chi connectivity index (χ1v) is 9.84. The molecular formula is C17H17F4N3O6S. The zero-order valence-corrected chi connectivity index (χ0v) is 16.6. The van der Waals surface area contributed by atoms with Gasteiger partial charge in [-0.2, -0.15) is 0 Å². The maximum atomic E-state index is 14.2. The third-order valence-electron chi connectivity index (χ3n) is 3.70. The molecule has 1 unspecified atom stereocenters. The van der Waals surface area contributed by atoms with E-state index in [9.17, 15) is 35.9 Å². The number of carbonyl (C=O) groups excluding carboxylic acids is 1. The van der Waals surface area contributed by atoms with E-state index < -0.39 is 49.6 Å². The van der Waals surface area contributed by atoms with Gasteiger partial charge in [0.25, 0.3) is 5.91 Å². The molecule has 0 saturated heterocycles. The number of sulfone groups is 1. The molecule has 0 saturated carbocycles. The average molecular weight is 467 g/mol. The van der Waals surface area contributed by atoms with Crippen molar-refractivity contribution in [2.75, 3.05) is 26.0 Å². The summed E-state index contributed by atoms with van der Waals surface area (Å²) in [5.41, 5.74) is 4.97. The van der Waals surface area contributed by atoms with Crippen molar-refractivity contribution in [1.29, 1.82) is 0 Å². The minimum atomic E-state index is -5.08. The Kier molecular flexibility index (Phi) is 7.41. The van der Waals surface area contributed by atoms with Crippen molar-refractivity contribution in [2.24, 2.45) is 0 Å². The number of ether oxygens (including phenoxy) is 2. The monoisotopic (exact) mass is 467 g/mol. The van der Waals surface area contributed by atoms with Crippen molar-refractivity contribution in [3.63, 3.8) is 0 Å². The maximum absolute atomic E-state index is 14.2. The maximum Gasteiger partial charge on any atom is 0.573 e. The SMILES string of the molecule is COCC(O)CNC(=O)c1ncc(S(=O)(=O)c2ccc(OC(F)(F)F)cc2F)cc1N. The Morgan fingerprint density at radius 1 is 1.32 bits per heavy atom. The number of aliphatic hydroxyl groups excluding tert-OH is 1. The van der Waals surface area contributed by atoms with Gasteiger partial charge in [-0.3, -0.25) is 4.79 Å². The zero-order chi connectivity index (χ0) is 23.4. The van der Waals surface area contributed by atoms with E-state index in [0.717, 1.165) is 12.3 Å². The Labute approximate surface area is 173 Å². The van der Waals surface area contributed by atoms with Gasteiger partial charge in [0.15, 0.2) is 5.69 Å². The second kappa shape index (κ2) is 9.45. The summed E-state index contributed by atoms with van der Waals surface area (Å²) in [6.07, 6.45) is -5.34. The van der Waals surface area contributed by atoms with Crippen LogP contribution in [0, 0.1) is 5.82 Å². The second-order valence-corrected chi connectivity index (χ2v) is 7.99. The number of anilines is 1. The Bertz CT molecular complexity index is 1060. The van der Waals surface area contributed by atoms with Crippen LogP contribution in [-0.2, 0) is 14.6 Å². The highest BCUT2D eigenvalue weighted by molar-refractivity contribution is 7.91. The van der Waals surface area contributed by atoms with Gasteiger partial charge in [0.05, 0.1) is 23.3 Å². The fraction of sp³-hybridized carbons (Fsp3) is 0.294. The molecule has 1 heterocycles. The van der Waals surface area contributed by atoms with E-state index >= 15 is 0 Å². The number of hydrogen-bond acceptors (Lipinski definition) is 8. The lowest BCUT2D eigenvalue weighted by atomic mass is 10.2. The predicted octanol–water partition coefficient (Wildman–Crippen LogP) is 1.27. The molecule has 1 amide bonds. The normalized spacial score (nSPS) is 13.0. The van der Waals surface area contributed by atoms with Gasteiger partial charge in [0.2, 0.25) is 9.84 Å². The van der Waals surface area contributed by atoms with Gasteiger partial charge in [-0.25, -0.2) is 17.8 Å². The first-order chi connectivity index (χ1) is 14.3. The number of nitrogens with zero attached hydrogens (tertiary/aromatic N) is 1. The van der Waals surface area contributed by atoms with Crippen LogP contribution in [0.1, 0.15) is 10.5 Å². The van der Waals surface area contributed by atoms with E-state index in [-0.39, 0.29) is 30.6 Å². The van der Waals surface area contributed by atoms with Crippen LogP contribution >= 0.6 is 0 Å². The summed E-state index contributed by atoms with van der Waals surface area (Å²) in [6.45, 7) is -0.232. The number of pyridine rings is 1. The summed E-state index contributed by atoms with van der Waals surface area (Å²) in [5.74, 6) is -3.24. The van der Waals surface area contributed by atoms with E-state index in [1.807, 2.05) is 0 Å². The van der Waals surface area contributed by atoms with Crippen LogP contribution in [0.15, 0.2) is 40.3 Å². The van der Waals surface area contributed by atoms with Crippen LogP contribution in [0.2, 0.25) is 0 Å². The predicted molar refractivity (Wildman–Crippen MR) is 97.4 cm³/mol. The minimum Gasteiger partial charge on any atom is -0.406 e. The Hall–Kier alpha value is -2.97. The van der Waals surface area contributed by atoms with Crippen LogP contribution < -0.4 is 15.8 Å². The number of aromatic nitrogens is 1. The molecule has 9 nitrogen and oxygen atoms in total. The summed E-state index contributed by atoms with van der Waals surface area (Å²) in [6, 6.07) is 2.35. The summed E-state index contributed by atoms with van der Waals surface area (Å²) in [5, 5.41) is 11.8. The molecule has 14 heteroatoms. The van der Waals surface area contributed by atoms with Crippen molar-refractivity contribution in [2.45, 2.75) is 22.3 Å². The van der Waals surface area contributed by atoms with Crippen molar-refractivity contribution >= 4 is 21.4 Å². The topological polar surface area (TPSA) is 141 Å². The van der Waals surface area contributed by atoms with E-state index in [4.69, 9.17) is 10.5 Å². The standard InChI is InChI=1S/C17H17F4N3O6S/c1-29-8-9(25)6-24-16(26)15-13(22)5-11(7-23-15)31(27,28)14-3-2-10(4-12(14)18)30-17(19,20)21/h2-5,7,9,25H,6,8,22H2,1H3,(H,24,26). The fourth-order valence-electron chi connectivity index (χ4n) is 2.37. The number of rotatable bonds is 8. The first kappa shape index (κ1) is 24.3. The lowest BCUT2D eigenvalue weighted by molar-refractivity contribution is -0.274. The molecule has 170 valence electrons. The van der Waals surface area contributed by atoms with Crippen LogP contribution in [0.25, 0.3) is 0 Å². The van der Waals surface area contributed by atoms with Crippen molar-refractivity contribution in [3.05, 3.63) is 42.0 Å².